The highest BCUT2D eigenvalue weighted by molar-refractivity contribution is 5.79. The number of fused-ring (bicyclic) bond motifs is 1. The maximum absolute atomic E-state index is 6.03. The Morgan fingerprint density at radius 2 is 2.21 bits per heavy atom. The third-order valence-corrected chi connectivity index (χ3v) is 3.21. The van der Waals surface area contributed by atoms with Crippen LogP contribution in [0.3, 0.4) is 0 Å². The van der Waals surface area contributed by atoms with E-state index >= 15 is 0 Å². The molecule has 1 aliphatic heterocycles. The lowest BCUT2D eigenvalue weighted by Gasteiger charge is -2.11. The molecule has 6 nitrogen and oxygen atoms in total. The summed E-state index contributed by atoms with van der Waals surface area (Å²) in [5, 5.41) is 4.17. The van der Waals surface area contributed by atoms with Crippen LogP contribution in [0.15, 0.2) is 18.3 Å². The maximum atomic E-state index is 6.03. The molecular weight excluding hydrogens is 246 g/mol. The summed E-state index contributed by atoms with van der Waals surface area (Å²) in [6, 6.07) is 3.83. The van der Waals surface area contributed by atoms with Gasteiger partial charge in [0.25, 0.3) is 0 Å². The first-order chi connectivity index (χ1) is 9.22. The Bertz CT molecular complexity index is 622. The lowest BCUT2D eigenvalue weighted by molar-refractivity contribution is 0.163. The summed E-state index contributed by atoms with van der Waals surface area (Å²) in [6.45, 7) is 0.661. The van der Waals surface area contributed by atoms with E-state index in [0.717, 1.165) is 28.2 Å². The number of nitrogen functional groups attached to an aromatic ring is 1. The summed E-state index contributed by atoms with van der Waals surface area (Å²) < 4.78 is 17.8. The first-order valence-electron chi connectivity index (χ1n) is 5.90. The lowest BCUT2D eigenvalue weighted by Crippen LogP contribution is -2.00. The van der Waals surface area contributed by atoms with Crippen LogP contribution >= 0.6 is 0 Å². The van der Waals surface area contributed by atoms with Crippen LogP contribution in [0.25, 0.3) is 11.1 Å². The number of anilines is 1. The molecule has 2 aromatic rings. The molecule has 0 atom stereocenters. The van der Waals surface area contributed by atoms with E-state index < -0.39 is 0 Å². The van der Waals surface area contributed by atoms with E-state index in [9.17, 15) is 0 Å². The van der Waals surface area contributed by atoms with Crippen molar-refractivity contribution in [2.24, 2.45) is 7.05 Å². The van der Waals surface area contributed by atoms with Crippen LogP contribution in [-0.2, 0) is 18.4 Å². The van der Waals surface area contributed by atoms with Gasteiger partial charge in [-0.3, -0.25) is 4.68 Å². The van der Waals surface area contributed by atoms with Crippen LogP contribution in [0.2, 0.25) is 0 Å². The molecule has 0 radical (unpaired) electrons. The summed E-state index contributed by atoms with van der Waals surface area (Å²) in [4.78, 5) is 0. The third-order valence-electron chi connectivity index (χ3n) is 3.21. The molecule has 0 saturated heterocycles. The van der Waals surface area contributed by atoms with Gasteiger partial charge in [-0.05, 0) is 17.7 Å². The molecule has 2 N–H and O–H groups in total. The molecule has 1 aliphatic rings. The van der Waals surface area contributed by atoms with Gasteiger partial charge in [0.15, 0.2) is 11.5 Å². The largest absolute Gasteiger partial charge is 0.454 e. The Balaban J connectivity index is 2.18. The number of methoxy groups -OCH3 is 1. The highest BCUT2D eigenvalue weighted by Crippen LogP contribution is 2.42. The monoisotopic (exact) mass is 261 g/mol. The smallest absolute Gasteiger partial charge is 0.231 e. The van der Waals surface area contributed by atoms with Crippen molar-refractivity contribution in [1.82, 2.24) is 9.78 Å². The van der Waals surface area contributed by atoms with Gasteiger partial charge in [0.05, 0.1) is 12.8 Å². The number of nitrogens with zero attached hydrogens (tertiary/aromatic N) is 2. The summed E-state index contributed by atoms with van der Waals surface area (Å²) in [5.41, 5.74) is 8.78. The molecule has 19 heavy (non-hydrogen) atoms. The molecule has 0 saturated carbocycles. The number of aromatic nitrogens is 2. The van der Waals surface area contributed by atoms with E-state index in [4.69, 9.17) is 19.9 Å². The molecule has 0 fully saturated rings. The average molecular weight is 261 g/mol. The Hall–Kier alpha value is -2.21. The number of nitrogens with two attached hydrogens (primary N) is 1. The van der Waals surface area contributed by atoms with E-state index in [2.05, 4.69) is 5.10 Å². The van der Waals surface area contributed by atoms with Crippen LogP contribution in [0.1, 0.15) is 5.56 Å². The highest BCUT2D eigenvalue weighted by Gasteiger charge is 2.23. The van der Waals surface area contributed by atoms with Gasteiger partial charge in [0, 0.05) is 25.3 Å². The topological polar surface area (TPSA) is 71.5 Å². The fourth-order valence-electron chi connectivity index (χ4n) is 2.22. The van der Waals surface area contributed by atoms with E-state index in [-0.39, 0.29) is 6.79 Å². The number of hydrogen-bond donors (Lipinski definition) is 1. The summed E-state index contributed by atoms with van der Waals surface area (Å²) in [5.74, 6) is 2.07. The Labute approximate surface area is 110 Å². The van der Waals surface area contributed by atoms with Gasteiger partial charge >= 0.3 is 0 Å². The fraction of sp³-hybridized carbons (Fsp3) is 0.308. The molecule has 1 aromatic carbocycles. The lowest BCUT2D eigenvalue weighted by atomic mass is 10.0. The SMILES string of the molecule is COCc1c(-c2cnn(C)c2N)ccc2c1OCO2. The van der Waals surface area contributed by atoms with Crippen molar-refractivity contribution in [1.29, 1.82) is 0 Å². The van der Waals surface area contributed by atoms with Crippen molar-refractivity contribution in [3.63, 3.8) is 0 Å². The minimum Gasteiger partial charge on any atom is -0.454 e. The van der Waals surface area contributed by atoms with Gasteiger partial charge in [0.1, 0.15) is 5.82 Å². The third kappa shape index (κ3) is 1.80. The molecule has 1 aromatic heterocycles. The number of ether oxygens (including phenoxy) is 3. The first kappa shape index (κ1) is 11.9. The Kier molecular flexibility index (Phi) is 2.79. The first-order valence-corrected chi connectivity index (χ1v) is 5.90. The quantitative estimate of drug-likeness (QED) is 0.907. The van der Waals surface area contributed by atoms with Crippen molar-refractivity contribution in [3.05, 3.63) is 23.9 Å². The van der Waals surface area contributed by atoms with Crippen molar-refractivity contribution >= 4 is 5.82 Å². The number of aryl methyl sites for hydroxylation is 1. The minimum atomic E-state index is 0.234. The number of rotatable bonds is 3. The molecule has 100 valence electrons. The standard InChI is InChI=1S/C13H15N3O3/c1-16-13(14)9(5-15-16)8-3-4-11-12(19-7-18-11)10(8)6-17-2/h3-5H,6-7,14H2,1-2H3. The number of hydrogen-bond acceptors (Lipinski definition) is 5. The molecule has 6 heteroatoms. The second kappa shape index (κ2) is 4.47. The molecule has 3 rings (SSSR count). The molecule has 0 bridgehead atoms. The maximum Gasteiger partial charge on any atom is 0.231 e. The molecule has 0 spiro atoms. The molecule has 2 heterocycles. The predicted octanol–water partition coefficient (Wildman–Crippen LogP) is 1.54. The van der Waals surface area contributed by atoms with E-state index in [0.29, 0.717) is 12.4 Å². The van der Waals surface area contributed by atoms with Crippen molar-refractivity contribution in [3.8, 4) is 22.6 Å². The van der Waals surface area contributed by atoms with Crippen LogP contribution in [0.4, 0.5) is 5.82 Å². The highest BCUT2D eigenvalue weighted by atomic mass is 16.7. The van der Waals surface area contributed by atoms with E-state index in [1.807, 2.05) is 19.2 Å². The Morgan fingerprint density at radius 3 is 2.89 bits per heavy atom. The second-order valence-electron chi connectivity index (χ2n) is 4.33. The van der Waals surface area contributed by atoms with E-state index in [1.165, 1.54) is 0 Å². The van der Waals surface area contributed by atoms with Gasteiger partial charge in [-0.25, -0.2) is 0 Å². The summed E-state index contributed by atoms with van der Waals surface area (Å²) in [6.07, 6.45) is 1.74. The zero-order valence-corrected chi connectivity index (χ0v) is 10.8. The van der Waals surface area contributed by atoms with Gasteiger partial charge in [0.2, 0.25) is 6.79 Å². The zero-order valence-electron chi connectivity index (χ0n) is 10.8. The second-order valence-corrected chi connectivity index (χ2v) is 4.33. The van der Waals surface area contributed by atoms with Crippen LogP contribution in [0, 0.1) is 0 Å². The molecule has 0 aliphatic carbocycles. The van der Waals surface area contributed by atoms with Crippen LogP contribution < -0.4 is 15.2 Å². The van der Waals surface area contributed by atoms with Crippen molar-refractivity contribution in [2.45, 2.75) is 6.61 Å². The molecule has 0 unspecified atom stereocenters. The van der Waals surface area contributed by atoms with Gasteiger partial charge in [-0.15, -0.1) is 0 Å². The van der Waals surface area contributed by atoms with Crippen molar-refractivity contribution < 1.29 is 14.2 Å². The van der Waals surface area contributed by atoms with Crippen molar-refractivity contribution in [2.75, 3.05) is 19.6 Å². The molecule has 0 amide bonds. The van der Waals surface area contributed by atoms with Crippen LogP contribution in [-0.4, -0.2) is 23.7 Å². The van der Waals surface area contributed by atoms with Gasteiger partial charge in [-0.1, -0.05) is 0 Å². The van der Waals surface area contributed by atoms with Gasteiger partial charge in [-0.2, -0.15) is 5.10 Å². The minimum absolute atomic E-state index is 0.234. The van der Waals surface area contributed by atoms with E-state index in [1.54, 1.807) is 18.0 Å². The zero-order chi connectivity index (χ0) is 13.4. The fourth-order valence-corrected chi connectivity index (χ4v) is 2.22. The summed E-state index contributed by atoms with van der Waals surface area (Å²) >= 11 is 0. The van der Waals surface area contributed by atoms with Crippen LogP contribution in [0.5, 0.6) is 11.5 Å². The average Bonchev–Trinajstić information content (AvgIpc) is 3.00. The Morgan fingerprint density at radius 1 is 1.37 bits per heavy atom. The summed E-state index contributed by atoms with van der Waals surface area (Å²) in [7, 11) is 3.45. The number of benzene rings is 1. The predicted molar refractivity (Wildman–Crippen MR) is 69.9 cm³/mol. The normalized spacial score (nSPS) is 12.9. The molecular formula is C13H15N3O3. The van der Waals surface area contributed by atoms with Gasteiger partial charge < -0.3 is 19.9 Å².